The Kier molecular flexibility index (Phi) is 7.17. The second-order valence-electron chi connectivity index (χ2n) is 10.7. The predicted octanol–water partition coefficient (Wildman–Crippen LogP) is 7.66. The SMILES string of the molecule is COC(=O)c1ccc(C2(NC(=O)c3cc(Nc4ccccc4)cc4ccn(Cc5ccc(C(F)(F)F)cc5)c34)CC2)cc1. The zero-order valence-electron chi connectivity index (χ0n) is 23.2. The highest BCUT2D eigenvalue weighted by molar-refractivity contribution is 6.08. The Morgan fingerprint density at radius 3 is 2.21 bits per heavy atom. The van der Waals surface area contributed by atoms with Crippen LogP contribution in [0.15, 0.2) is 103 Å². The summed E-state index contributed by atoms with van der Waals surface area (Å²) in [6.07, 6.45) is -1.09. The molecule has 1 amide bonds. The van der Waals surface area contributed by atoms with Crippen LogP contribution in [-0.4, -0.2) is 23.6 Å². The molecular formula is C34H28F3N3O3. The molecule has 218 valence electrons. The Morgan fingerprint density at radius 1 is 0.884 bits per heavy atom. The minimum Gasteiger partial charge on any atom is -0.465 e. The van der Waals surface area contributed by atoms with Crippen LogP contribution in [0.25, 0.3) is 10.9 Å². The molecule has 1 aliphatic rings. The zero-order chi connectivity index (χ0) is 30.2. The average Bonchev–Trinajstić information content (AvgIpc) is 3.68. The first kappa shape index (κ1) is 28.1. The molecule has 0 radical (unpaired) electrons. The number of nitrogens with one attached hydrogen (secondary N) is 2. The molecule has 1 aliphatic carbocycles. The molecule has 43 heavy (non-hydrogen) atoms. The predicted molar refractivity (Wildman–Crippen MR) is 158 cm³/mol. The number of methoxy groups -OCH3 is 1. The molecule has 4 aromatic carbocycles. The number of carbonyl (C=O) groups excluding carboxylic acids is 2. The van der Waals surface area contributed by atoms with Crippen LogP contribution in [0.4, 0.5) is 24.5 Å². The van der Waals surface area contributed by atoms with Crippen molar-refractivity contribution in [3.63, 3.8) is 0 Å². The van der Waals surface area contributed by atoms with Gasteiger partial charge in [-0.3, -0.25) is 4.79 Å². The molecule has 6 rings (SSSR count). The molecule has 1 heterocycles. The molecule has 1 aromatic heterocycles. The van der Waals surface area contributed by atoms with E-state index in [4.69, 9.17) is 4.74 Å². The van der Waals surface area contributed by atoms with Gasteiger partial charge in [0.05, 0.1) is 34.9 Å². The number of halogens is 3. The lowest BCUT2D eigenvalue weighted by atomic mass is 10.0. The highest BCUT2D eigenvalue weighted by Gasteiger charge is 2.46. The summed E-state index contributed by atoms with van der Waals surface area (Å²) >= 11 is 0. The molecule has 0 bridgehead atoms. The van der Waals surface area contributed by atoms with Crippen LogP contribution in [-0.2, 0) is 23.0 Å². The van der Waals surface area contributed by atoms with Crippen LogP contribution in [0.1, 0.15) is 50.2 Å². The molecule has 0 saturated heterocycles. The van der Waals surface area contributed by atoms with Gasteiger partial charge in [0.2, 0.25) is 0 Å². The summed E-state index contributed by atoms with van der Waals surface area (Å²) in [4.78, 5) is 25.9. The lowest BCUT2D eigenvalue weighted by molar-refractivity contribution is -0.137. The van der Waals surface area contributed by atoms with Gasteiger partial charge >= 0.3 is 12.1 Å². The number of carbonyl (C=O) groups is 2. The minimum atomic E-state index is -4.41. The second-order valence-corrected chi connectivity index (χ2v) is 10.7. The van der Waals surface area contributed by atoms with E-state index < -0.39 is 23.2 Å². The number of esters is 1. The fraction of sp³-hybridized carbons (Fsp3) is 0.176. The van der Waals surface area contributed by atoms with Crippen molar-refractivity contribution in [1.82, 2.24) is 9.88 Å². The summed E-state index contributed by atoms with van der Waals surface area (Å²) in [6, 6.07) is 27.3. The molecule has 0 aliphatic heterocycles. The maximum absolute atomic E-state index is 14.0. The number of hydrogen-bond donors (Lipinski definition) is 2. The van der Waals surface area contributed by atoms with Crippen molar-refractivity contribution in [2.45, 2.75) is 31.1 Å². The Bertz CT molecular complexity index is 1790. The molecule has 9 heteroatoms. The van der Waals surface area contributed by atoms with Crippen molar-refractivity contribution in [2.75, 3.05) is 12.4 Å². The van der Waals surface area contributed by atoms with E-state index in [-0.39, 0.29) is 12.5 Å². The lowest BCUT2D eigenvalue weighted by Crippen LogP contribution is -2.35. The van der Waals surface area contributed by atoms with Crippen LogP contribution < -0.4 is 10.6 Å². The van der Waals surface area contributed by atoms with Crippen molar-refractivity contribution < 1.29 is 27.5 Å². The topological polar surface area (TPSA) is 72.4 Å². The Balaban J connectivity index is 1.35. The monoisotopic (exact) mass is 583 g/mol. The Labute approximate surface area is 246 Å². The smallest absolute Gasteiger partial charge is 0.416 e. The number of benzene rings is 4. The van der Waals surface area contributed by atoms with Crippen molar-refractivity contribution >= 4 is 34.2 Å². The molecular weight excluding hydrogens is 555 g/mol. The van der Waals surface area contributed by atoms with E-state index in [0.29, 0.717) is 22.2 Å². The van der Waals surface area contributed by atoms with Gasteiger partial charge in [0.25, 0.3) is 5.91 Å². The number of amides is 1. The highest BCUT2D eigenvalue weighted by atomic mass is 19.4. The summed E-state index contributed by atoms with van der Waals surface area (Å²) in [5, 5.41) is 7.40. The van der Waals surface area contributed by atoms with E-state index in [9.17, 15) is 22.8 Å². The number of fused-ring (bicyclic) bond motifs is 1. The van der Waals surface area contributed by atoms with Crippen molar-refractivity contribution in [2.24, 2.45) is 0 Å². The molecule has 6 nitrogen and oxygen atoms in total. The van der Waals surface area contributed by atoms with Gasteiger partial charge in [0.15, 0.2) is 0 Å². The van der Waals surface area contributed by atoms with Gasteiger partial charge in [-0.2, -0.15) is 13.2 Å². The molecule has 0 spiro atoms. The average molecular weight is 584 g/mol. The highest BCUT2D eigenvalue weighted by Crippen LogP contribution is 2.46. The number of para-hydroxylation sites is 1. The molecule has 5 aromatic rings. The van der Waals surface area contributed by atoms with Crippen LogP contribution in [0.3, 0.4) is 0 Å². The molecule has 1 fully saturated rings. The summed E-state index contributed by atoms with van der Waals surface area (Å²) in [5.41, 5.74) is 3.42. The number of aromatic nitrogens is 1. The Hall–Kier alpha value is -5.05. The van der Waals surface area contributed by atoms with Crippen molar-refractivity contribution in [3.05, 3.63) is 131 Å². The zero-order valence-corrected chi connectivity index (χ0v) is 23.2. The largest absolute Gasteiger partial charge is 0.465 e. The van der Waals surface area contributed by atoms with Gasteiger partial charge in [0.1, 0.15) is 0 Å². The number of ether oxygens (including phenoxy) is 1. The van der Waals surface area contributed by atoms with Crippen LogP contribution >= 0.6 is 0 Å². The maximum Gasteiger partial charge on any atom is 0.416 e. The van der Waals surface area contributed by atoms with Crippen molar-refractivity contribution in [3.8, 4) is 0 Å². The number of hydrogen-bond acceptors (Lipinski definition) is 4. The van der Waals surface area contributed by atoms with Gasteiger partial charge in [-0.05, 0) is 78.6 Å². The summed E-state index contributed by atoms with van der Waals surface area (Å²) < 4.78 is 46.0. The van der Waals surface area contributed by atoms with Crippen molar-refractivity contribution in [1.29, 1.82) is 0 Å². The third-order valence-corrected chi connectivity index (χ3v) is 7.76. The number of nitrogens with zero attached hydrogens (tertiary/aromatic N) is 1. The number of anilines is 2. The van der Waals surface area contributed by atoms with Gasteiger partial charge in [-0.25, -0.2) is 4.79 Å². The first-order chi connectivity index (χ1) is 20.6. The fourth-order valence-corrected chi connectivity index (χ4v) is 5.35. The van der Waals surface area contributed by atoms with Gasteiger partial charge < -0.3 is 19.9 Å². The Morgan fingerprint density at radius 2 is 1.58 bits per heavy atom. The number of rotatable bonds is 8. The second kappa shape index (κ2) is 11.0. The van der Waals surface area contributed by atoms with Gasteiger partial charge in [-0.1, -0.05) is 42.5 Å². The van der Waals surface area contributed by atoms with Crippen LogP contribution in [0.5, 0.6) is 0 Å². The molecule has 1 saturated carbocycles. The maximum atomic E-state index is 14.0. The first-order valence-corrected chi connectivity index (χ1v) is 13.8. The molecule has 0 atom stereocenters. The van der Waals surface area contributed by atoms with E-state index in [0.717, 1.165) is 47.3 Å². The van der Waals surface area contributed by atoms with E-state index in [1.54, 1.807) is 18.2 Å². The van der Waals surface area contributed by atoms with Crippen LogP contribution in [0, 0.1) is 0 Å². The molecule has 0 unspecified atom stereocenters. The van der Waals surface area contributed by atoms with Crippen LogP contribution in [0.2, 0.25) is 0 Å². The third-order valence-electron chi connectivity index (χ3n) is 7.76. The summed E-state index contributed by atoms with van der Waals surface area (Å²) in [5.74, 6) is -0.706. The fourth-order valence-electron chi connectivity index (χ4n) is 5.35. The third kappa shape index (κ3) is 5.83. The summed E-state index contributed by atoms with van der Waals surface area (Å²) in [7, 11) is 1.33. The summed E-state index contributed by atoms with van der Waals surface area (Å²) in [6.45, 7) is 0.285. The first-order valence-electron chi connectivity index (χ1n) is 13.8. The lowest BCUT2D eigenvalue weighted by Gasteiger charge is -2.20. The minimum absolute atomic E-state index is 0.274. The van der Waals surface area contributed by atoms with E-state index >= 15 is 0 Å². The standard InChI is InChI=1S/C34H28F3N3O3/c1-43-32(42)23-9-13-25(14-10-23)33(16-17-33)39-31(41)29-20-28(38-27-5-3-2-4-6-27)19-24-15-18-40(30(24)29)21-22-7-11-26(12-8-22)34(35,36)37/h2-15,18-20,38H,16-17,21H2,1H3,(H,39,41). The van der Waals surface area contributed by atoms with Gasteiger partial charge in [0, 0.05) is 29.5 Å². The van der Waals surface area contributed by atoms with E-state index in [1.807, 2.05) is 65.4 Å². The van der Waals surface area contributed by atoms with E-state index in [1.165, 1.54) is 19.2 Å². The normalized spacial score (nSPS) is 13.9. The van der Waals surface area contributed by atoms with Gasteiger partial charge in [-0.15, -0.1) is 0 Å². The molecule has 2 N–H and O–H groups in total. The number of alkyl halides is 3. The van der Waals surface area contributed by atoms with E-state index in [2.05, 4.69) is 10.6 Å². The quantitative estimate of drug-likeness (QED) is 0.184.